The van der Waals surface area contributed by atoms with Crippen LogP contribution in [0.3, 0.4) is 0 Å². The van der Waals surface area contributed by atoms with Crippen LogP contribution in [0.1, 0.15) is 33.6 Å². The van der Waals surface area contributed by atoms with Crippen LogP contribution in [0.25, 0.3) is 10.7 Å². The van der Waals surface area contributed by atoms with Crippen molar-refractivity contribution < 1.29 is 14.1 Å². The SMILES string of the molecule is CC(=O)Nc1cc(C(=O)Nc2cc(-c3noc(C)n3)sc2C)ccc1C. The Morgan fingerprint density at radius 3 is 2.50 bits per heavy atom. The second kappa shape index (κ2) is 7.09. The van der Waals surface area contributed by atoms with E-state index in [2.05, 4.69) is 20.8 Å². The fraction of sp³-hybridized carbons (Fsp3) is 0.222. The van der Waals surface area contributed by atoms with E-state index in [9.17, 15) is 9.59 Å². The molecular weight excluding hydrogens is 352 g/mol. The molecule has 0 saturated carbocycles. The molecule has 1 aromatic carbocycles. The monoisotopic (exact) mass is 370 g/mol. The van der Waals surface area contributed by atoms with Crippen molar-refractivity contribution in [2.24, 2.45) is 0 Å². The highest BCUT2D eigenvalue weighted by Gasteiger charge is 2.15. The maximum Gasteiger partial charge on any atom is 0.255 e. The first kappa shape index (κ1) is 17.8. The lowest BCUT2D eigenvalue weighted by Gasteiger charge is -2.09. The van der Waals surface area contributed by atoms with Gasteiger partial charge in [0.15, 0.2) is 0 Å². The van der Waals surface area contributed by atoms with Crippen molar-refractivity contribution >= 4 is 34.5 Å². The molecule has 0 atom stereocenters. The van der Waals surface area contributed by atoms with Gasteiger partial charge in [0.25, 0.3) is 5.91 Å². The minimum Gasteiger partial charge on any atom is -0.339 e. The third-order valence-corrected chi connectivity index (χ3v) is 4.77. The van der Waals surface area contributed by atoms with Crippen LogP contribution in [0.4, 0.5) is 11.4 Å². The van der Waals surface area contributed by atoms with Crippen molar-refractivity contribution in [1.82, 2.24) is 10.1 Å². The molecule has 0 saturated heterocycles. The van der Waals surface area contributed by atoms with Crippen molar-refractivity contribution in [1.29, 1.82) is 0 Å². The standard InChI is InChI=1S/C18H18N4O3S/c1-9-5-6-13(7-14(9)19-11(3)23)18(24)21-15-8-16(26-10(15)2)17-20-12(4)25-22-17/h5-8H,1-4H3,(H,19,23)(H,21,24). The number of anilines is 2. The molecule has 2 amide bonds. The van der Waals surface area contributed by atoms with Crippen LogP contribution in [0.2, 0.25) is 0 Å². The van der Waals surface area contributed by atoms with Crippen LogP contribution >= 0.6 is 11.3 Å². The summed E-state index contributed by atoms with van der Waals surface area (Å²) in [7, 11) is 0. The maximum atomic E-state index is 12.6. The van der Waals surface area contributed by atoms with Crippen LogP contribution in [0.15, 0.2) is 28.8 Å². The van der Waals surface area contributed by atoms with Crippen molar-refractivity contribution in [3.63, 3.8) is 0 Å². The van der Waals surface area contributed by atoms with Gasteiger partial charge in [-0.25, -0.2) is 0 Å². The highest BCUT2D eigenvalue weighted by molar-refractivity contribution is 7.16. The number of benzene rings is 1. The maximum absolute atomic E-state index is 12.6. The zero-order valence-electron chi connectivity index (χ0n) is 14.8. The normalized spacial score (nSPS) is 10.6. The van der Waals surface area contributed by atoms with Crippen molar-refractivity contribution in [3.05, 3.63) is 46.2 Å². The molecule has 0 spiro atoms. The number of rotatable bonds is 4. The third kappa shape index (κ3) is 3.80. The summed E-state index contributed by atoms with van der Waals surface area (Å²) in [5.41, 5.74) is 2.66. The second-order valence-electron chi connectivity index (χ2n) is 5.88. The summed E-state index contributed by atoms with van der Waals surface area (Å²) < 4.78 is 5.00. The number of carbonyl (C=O) groups is 2. The number of hydrogen-bond donors (Lipinski definition) is 2. The first-order chi connectivity index (χ1) is 12.3. The molecule has 0 unspecified atom stereocenters. The van der Waals surface area contributed by atoms with Crippen LogP contribution in [0, 0.1) is 20.8 Å². The summed E-state index contributed by atoms with van der Waals surface area (Å²) in [6, 6.07) is 7.01. The number of amides is 2. The number of thiophene rings is 1. The molecule has 2 N–H and O–H groups in total. The molecule has 0 radical (unpaired) electrons. The van der Waals surface area contributed by atoms with Crippen LogP contribution in [0.5, 0.6) is 0 Å². The Bertz CT molecular complexity index is 990. The highest BCUT2D eigenvalue weighted by Crippen LogP contribution is 2.33. The lowest BCUT2D eigenvalue weighted by Crippen LogP contribution is -2.14. The molecule has 0 aliphatic carbocycles. The number of nitrogens with zero attached hydrogens (tertiary/aromatic N) is 2. The van der Waals surface area contributed by atoms with Gasteiger partial charge in [0.05, 0.1) is 10.6 Å². The van der Waals surface area contributed by atoms with Crippen molar-refractivity contribution in [2.75, 3.05) is 10.6 Å². The minimum absolute atomic E-state index is 0.181. The molecule has 0 aliphatic heterocycles. The fourth-order valence-corrected chi connectivity index (χ4v) is 3.30. The zero-order chi connectivity index (χ0) is 18.8. The Morgan fingerprint density at radius 2 is 1.85 bits per heavy atom. The largest absolute Gasteiger partial charge is 0.339 e. The van der Waals surface area contributed by atoms with Gasteiger partial charge in [0.1, 0.15) is 0 Å². The third-order valence-electron chi connectivity index (χ3n) is 3.72. The number of carbonyl (C=O) groups excluding carboxylic acids is 2. The fourth-order valence-electron chi connectivity index (χ4n) is 2.40. The van der Waals surface area contributed by atoms with Crippen LogP contribution in [-0.2, 0) is 4.79 Å². The highest BCUT2D eigenvalue weighted by atomic mass is 32.1. The first-order valence-electron chi connectivity index (χ1n) is 7.94. The van der Waals surface area contributed by atoms with Crippen LogP contribution < -0.4 is 10.6 Å². The quantitative estimate of drug-likeness (QED) is 0.725. The van der Waals surface area contributed by atoms with Gasteiger partial charge >= 0.3 is 0 Å². The van der Waals surface area contributed by atoms with E-state index in [1.165, 1.54) is 18.3 Å². The minimum atomic E-state index is -0.256. The van der Waals surface area contributed by atoms with Gasteiger partial charge in [-0.1, -0.05) is 11.2 Å². The molecule has 26 heavy (non-hydrogen) atoms. The molecule has 0 fully saturated rings. The first-order valence-corrected chi connectivity index (χ1v) is 8.76. The van der Waals surface area contributed by atoms with E-state index < -0.39 is 0 Å². The van der Waals surface area contributed by atoms with Gasteiger partial charge in [-0.3, -0.25) is 9.59 Å². The average Bonchev–Trinajstić information content (AvgIpc) is 3.15. The Balaban J connectivity index is 1.82. The predicted octanol–water partition coefficient (Wildman–Crippen LogP) is 3.93. The smallest absolute Gasteiger partial charge is 0.255 e. The number of aromatic nitrogens is 2. The molecule has 0 bridgehead atoms. The molecule has 2 heterocycles. The number of nitrogens with one attached hydrogen (secondary N) is 2. The summed E-state index contributed by atoms with van der Waals surface area (Å²) in [6.45, 7) is 6.94. The van der Waals surface area contributed by atoms with E-state index in [-0.39, 0.29) is 11.8 Å². The van der Waals surface area contributed by atoms with Crippen LogP contribution in [-0.4, -0.2) is 22.0 Å². The van der Waals surface area contributed by atoms with Crippen molar-refractivity contribution in [3.8, 4) is 10.7 Å². The summed E-state index contributed by atoms with van der Waals surface area (Å²) >= 11 is 1.48. The predicted molar refractivity (Wildman–Crippen MR) is 101 cm³/mol. The molecule has 0 aliphatic rings. The lowest BCUT2D eigenvalue weighted by molar-refractivity contribution is -0.114. The summed E-state index contributed by atoms with van der Waals surface area (Å²) in [5.74, 6) is 0.550. The Morgan fingerprint density at radius 1 is 1.08 bits per heavy atom. The number of aryl methyl sites for hydroxylation is 3. The Labute approximate surface area is 154 Å². The summed E-state index contributed by atoms with van der Waals surface area (Å²) in [6.07, 6.45) is 0. The van der Waals surface area contributed by atoms with Gasteiger partial charge < -0.3 is 15.2 Å². The van der Waals surface area contributed by atoms with Gasteiger partial charge in [0, 0.05) is 30.0 Å². The molecule has 8 heteroatoms. The van der Waals surface area contributed by atoms with Gasteiger partial charge in [-0.2, -0.15) is 4.98 Å². The van der Waals surface area contributed by atoms with Crippen molar-refractivity contribution in [2.45, 2.75) is 27.7 Å². The summed E-state index contributed by atoms with van der Waals surface area (Å²) in [4.78, 5) is 29.8. The van der Waals surface area contributed by atoms with Gasteiger partial charge in [-0.05, 0) is 37.6 Å². The molecule has 7 nitrogen and oxygen atoms in total. The second-order valence-corrected chi connectivity index (χ2v) is 7.14. The molecular formula is C18H18N4O3S. The lowest BCUT2D eigenvalue weighted by atomic mass is 10.1. The van der Waals surface area contributed by atoms with E-state index in [1.807, 2.05) is 19.9 Å². The zero-order valence-corrected chi connectivity index (χ0v) is 15.7. The van der Waals surface area contributed by atoms with Gasteiger partial charge in [-0.15, -0.1) is 11.3 Å². The van der Waals surface area contributed by atoms with E-state index in [0.29, 0.717) is 28.7 Å². The van der Waals surface area contributed by atoms with Gasteiger partial charge in [0.2, 0.25) is 17.6 Å². The van der Waals surface area contributed by atoms with E-state index >= 15 is 0 Å². The topological polar surface area (TPSA) is 97.1 Å². The average molecular weight is 370 g/mol. The Hall–Kier alpha value is -3.00. The summed E-state index contributed by atoms with van der Waals surface area (Å²) in [5, 5.41) is 9.52. The molecule has 2 aromatic heterocycles. The molecule has 3 aromatic rings. The Kier molecular flexibility index (Phi) is 4.85. The number of hydrogen-bond acceptors (Lipinski definition) is 6. The molecule has 3 rings (SSSR count). The van der Waals surface area contributed by atoms with E-state index in [4.69, 9.17) is 4.52 Å². The molecule has 134 valence electrons. The van der Waals surface area contributed by atoms with E-state index in [0.717, 1.165) is 15.3 Å². The van der Waals surface area contributed by atoms with E-state index in [1.54, 1.807) is 25.1 Å².